The Morgan fingerprint density at radius 2 is 0.923 bits per heavy atom. The van der Waals surface area contributed by atoms with Gasteiger partial charge < -0.3 is 0 Å². The van der Waals surface area contributed by atoms with Gasteiger partial charge in [0, 0.05) is 0 Å². The molecule has 0 N–H and O–H groups in total. The van der Waals surface area contributed by atoms with E-state index in [1.165, 1.54) is 57.8 Å². The highest BCUT2D eigenvalue weighted by Gasteiger charge is 2.08. The molecule has 1 saturated carbocycles. The van der Waals surface area contributed by atoms with E-state index in [-0.39, 0.29) is 0 Å². The van der Waals surface area contributed by atoms with Crippen molar-refractivity contribution in [1.29, 1.82) is 0 Å². The van der Waals surface area contributed by atoms with Gasteiger partial charge in [0.05, 0.1) is 0 Å². The van der Waals surface area contributed by atoms with E-state index >= 15 is 0 Å². The van der Waals surface area contributed by atoms with Crippen LogP contribution in [0.15, 0.2) is 0 Å². The molecule has 0 nitrogen and oxygen atoms in total. The summed E-state index contributed by atoms with van der Waals surface area (Å²) in [5, 5.41) is 0. The number of hydrogen-bond donors (Lipinski definition) is 0. The number of hydrogen-bond acceptors (Lipinski definition) is 0. The second-order valence-corrected chi connectivity index (χ2v) is 5.13. The monoisotopic (exact) mass is 182 g/mol. The third-order valence-corrected chi connectivity index (χ3v) is 3.55. The molecular weight excluding hydrogens is 156 g/mol. The molecule has 0 saturated heterocycles. The Hall–Kier alpha value is 0. The largest absolute Gasteiger partial charge is 0.0625 e. The molecule has 0 radical (unpaired) electrons. The highest BCUT2D eigenvalue weighted by atomic mass is 14.1. The molecule has 0 heteroatoms. The summed E-state index contributed by atoms with van der Waals surface area (Å²) in [7, 11) is 0. The van der Waals surface area contributed by atoms with Crippen LogP contribution >= 0.6 is 0 Å². The molecule has 0 heterocycles. The van der Waals surface area contributed by atoms with E-state index in [0.717, 1.165) is 11.8 Å². The molecule has 1 rings (SSSR count). The van der Waals surface area contributed by atoms with Crippen molar-refractivity contribution in [1.82, 2.24) is 0 Å². The molecule has 78 valence electrons. The number of rotatable bonds is 0. The highest BCUT2D eigenvalue weighted by molar-refractivity contribution is 4.61. The lowest BCUT2D eigenvalue weighted by Crippen LogP contribution is -1.99. The quantitative estimate of drug-likeness (QED) is 0.505. The molecule has 0 aromatic carbocycles. The zero-order valence-corrected chi connectivity index (χ0v) is 9.52. The van der Waals surface area contributed by atoms with Crippen LogP contribution in [0.4, 0.5) is 0 Å². The summed E-state index contributed by atoms with van der Waals surface area (Å²) in [5.74, 6) is 1.97. The van der Waals surface area contributed by atoms with Crippen molar-refractivity contribution in [3.8, 4) is 0 Å². The molecule has 1 aliphatic rings. The Labute approximate surface area is 84.1 Å². The van der Waals surface area contributed by atoms with E-state index < -0.39 is 0 Å². The van der Waals surface area contributed by atoms with E-state index in [4.69, 9.17) is 0 Å². The predicted octanol–water partition coefficient (Wildman–Crippen LogP) is 4.78. The summed E-state index contributed by atoms with van der Waals surface area (Å²) in [5.41, 5.74) is 0. The van der Waals surface area contributed by atoms with Crippen LogP contribution in [0.25, 0.3) is 0 Å². The van der Waals surface area contributed by atoms with Gasteiger partial charge in [0.25, 0.3) is 0 Å². The van der Waals surface area contributed by atoms with Crippen LogP contribution in [0.1, 0.15) is 71.6 Å². The first-order valence-corrected chi connectivity index (χ1v) is 6.29. The summed E-state index contributed by atoms with van der Waals surface area (Å²) in [6.07, 6.45) is 13.3. The van der Waals surface area contributed by atoms with Crippen molar-refractivity contribution in [3.63, 3.8) is 0 Å². The maximum absolute atomic E-state index is 2.44. The fraction of sp³-hybridized carbons (Fsp3) is 1.00. The van der Waals surface area contributed by atoms with Gasteiger partial charge in [-0.1, -0.05) is 71.6 Å². The molecule has 0 amide bonds. The van der Waals surface area contributed by atoms with Gasteiger partial charge in [0.2, 0.25) is 0 Å². The molecule has 0 aliphatic heterocycles. The lowest BCUT2D eigenvalue weighted by molar-refractivity contribution is 0.393. The van der Waals surface area contributed by atoms with Crippen LogP contribution in [0.2, 0.25) is 0 Å². The fourth-order valence-electron chi connectivity index (χ4n) is 2.37. The average Bonchev–Trinajstić information content (AvgIpc) is 2.15. The summed E-state index contributed by atoms with van der Waals surface area (Å²) >= 11 is 0. The molecule has 2 unspecified atom stereocenters. The van der Waals surface area contributed by atoms with Crippen molar-refractivity contribution in [3.05, 3.63) is 0 Å². The minimum atomic E-state index is 0.987. The summed E-state index contributed by atoms with van der Waals surface area (Å²) in [6, 6.07) is 0. The average molecular weight is 182 g/mol. The predicted molar refractivity (Wildman–Crippen MR) is 59.9 cm³/mol. The SMILES string of the molecule is CC1CCCCCCCC(C)CC1. The summed E-state index contributed by atoms with van der Waals surface area (Å²) in [4.78, 5) is 0. The Kier molecular flexibility index (Phi) is 5.50. The summed E-state index contributed by atoms with van der Waals surface area (Å²) in [6.45, 7) is 4.87. The lowest BCUT2D eigenvalue weighted by atomic mass is 9.93. The Bertz CT molecular complexity index is 103. The van der Waals surface area contributed by atoms with Crippen molar-refractivity contribution >= 4 is 0 Å². The normalized spacial score (nSPS) is 33.7. The van der Waals surface area contributed by atoms with Gasteiger partial charge in [0.1, 0.15) is 0 Å². The topological polar surface area (TPSA) is 0 Å². The van der Waals surface area contributed by atoms with Gasteiger partial charge in [-0.25, -0.2) is 0 Å². The zero-order chi connectivity index (χ0) is 9.52. The van der Waals surface area contributed by atoms with Crippen LogP contribution < -0.4 is 0 Å². The van der Waals surface area contributed by atoms with Gasteiger partial charge in [-0.2, -0.15) is 0 Å². The fourth-order valence-corrected chi connectivity index (χ4v) is 2.37. The lowest BCUT2D eigenvalue weighted by Gasteiger charge is -2.13. The van der Waals surface area contributed by atoms with E-state index in [9.17, 15) is 0 Å². The second kappa shape index (κ2) is 6.45. The first-order valence-electron chi connectivity index (χ1n) is 6.29. The smallest absolute Gasteiger partial charge is 0.0443 e. The second-order valence-electron chi connectivity index (χ2n) is 5.13. The van der Waals surface area contributed by atoms with E-state index in [0.29, 0.717) is 0 Å². The molecule has 0 aromatic heterocycles. The molecule has 1 aliphatic carbocycles. The molecule has 2 atom stereocenters. The Morgan fingerprint density at radius 1 is 0.538 bits per heavy atom. The minimum absolute atomic E-state index is 0.987. The van der Waals surface area contributed by atoms with Crippen molar-refractivity contribution in [2.75, 3.05) is 0 Å². The van der Waals surface area contributed by atoms with Gasteiger partial charge >= 0.3 is 0 Å². The van der Waals surface area contributed by atoms with E-state index in [1.807, 2.05) is 0 Å². The molecule has 1 fully saturated rings. The zero-order valence-electron chi connectivity index (χ0n) is 9.52. The first-order chi connectivity index (χ1) is 6.29. The van der Waals surface area contributed by atoms with Gasteiger partial charge in [-0.15, -0.1) is 0 Å². The summed E-state index contributed by atoms with van der Waals surface area (Å²) < 4.78 is 0. The maximum atomic E-state index is 2.44. The molecule has 0 aromatic rings. The van der Waals surface area contributed by atoms with Crippen LogP contribution in [-0.4, -0.2) is 0 Å². The Balaban J connectivity index is 2.24. The van der Waals surface area contributed by atoms with Crippen LogP contribution in [0, 0.1) is 11.8 Å². The molecule has 13 heavy (non-hydrogen) atoms. The maximum Gasteiger partial charge on any atom is -0.0443 e. The highest BCUT2D eigenvalue weighted by Crippen LogP contribution is 2.23. The third-order valence-electron chi connectivity index (χ3n) is 3.55. The van der Waals surface area contributed by atoms with Gasteiger partial charge in [-0.3, -0.25) is 0 Å². The van der Waals surface area contributed by atoms with Crippen LogP contribution in [-0.2, 0) is 0 Å². The van der Waals surface area contributed by atoms with Crippen molar-refractivity contribution in [2.45, 2.75) is 71.6 Å². The van der Waals surface area contributed by atoms with Crippen LogP contribution in [0.5, 0.6) is 0 Å². The molecule has 0 spiro atoms. The molecule has 0 bridgehead atoms. The minimum Gasteiger partial charge on any atom is -0.0625 e. The molecular formula is C13H26. The Morgan fingerprint density at radius 3 is 1.38 bits per heavy atom. The third kappa shape index (κ3) is 5.33. The van der Waals surface area contributed by atoms with Gasteiger partial charge in [0.15, 0.2) is 0 Å². The standard InChI is InChI=1S/C13H26/c1-12-8-6-4-3-5-7-9-13(2)11-10-12/h12-13H,3-11H2,1-2H3. The van der Waals surface area contributed by atoms with Crippen molar-refractivity contribution < 1.29 is 0 Å². The van der Waals surface area contributed by atoms with Gasteiger partial charge in [-0.05, 0) is 11.8 Å². The first kappa shape index (κ1) is 11.1. The van der Waals surface area contributed by atoms with E-state index in [1.54, 1.807) is 0 Å². The van der Waals surface area contributed by atoms with E-state index in [2.05, 4.69) is 13.8 Å². The van der Waals surface area contributed by atoms with Crippen molar-refractivity contribution in [2.24, 2.45) is 11.8 Å². The van der Waals surface area contributed by atoms with Crippen LogP contribution in [0.3, 0.4) is 0 Å².